The maximum absolute atomic E-state index is 15.5. The number of pyridine rings is 2. The van der Waals surface area contributed by atoms with Crippen LogP contribution in [0.4, 0.5) is 4.39 Å². The van der Waals surface area contributed by atoms with Gasteiger partial charge in [0.15, 0.2) is 11.4 Å². The van der Waals surface area contributed by atoms with E-state index in [0.717, 1.165) is 40.0 Å². The third-order valence-corrected chi connectivity index (χ3v) is 14.4. The van der Waals surface area contributed by atoms with Crippen molar-refractivity contribution >= 4 is 77.9 Å². The molecule has 0 saturated carbocycles. The van der Waals surface area contributed by atoms with Crippen LogP contribution in [0.2, 0.25) is 19.6 Å². The van der Waals surface area contributed by atoms with Crippen molar-refractivity contribution in [3.8, 4) is 39.6 Å². The first-order valence-corrected chi connectivity index (χ1v) is 25.3. The van der Waals surface area contributed by atoms with Gasteiger partial charge in [0.05, 0.1) is 36.2 Å². The molecule has 0 saturated heterocycles. The van der Waals surface area contributed by atoms with E-state index in [0.29, 0.717) is 39.5 Å². The molecule has 0 unspecified atom stereocenters. The van der Waals surface area contributed by atoms with Crippen LogP contribution < -0.4 is 5.19 Å². The van der Waals surface area contributed by atoms with Crippen molar-refractivity contribution < 1.29 is 28.9 Å². The number of thiophene rings is 1. The van der Waals surface area contributed by atoms with E-state index in [2.05, 4.69) is 122 Å². The van der Waals surface area contributed by atoms with E-state index >= 15 is 4.39 Å². The summed E-state index contributed by atoms with van der Waals surface area (Å²) in [6.45, 7) is 11.7. The quantitative estimate of drug-likeness (QED) is 0.118. The Kier molecular flexibility index (Phi) is 11.5. The van der Waals surface area contributed by atoms with Gasteiger partial charge in [-0.1, -0.05) is 111 Å². The van der Waals surface area contributed by atoms with Crippen molar-refractivity contribution in [2.75, 3.05) is 0 Å². The van der Waals surface area contributed by atoms with E-state index < -0.39 is 13.9 Å². The molecule has 0 bridgehead atoms. The second-order valence-corrected chi connectivity index (χ2v) is 23.2. The number of nitrogens with zero attached hydrogens (tertiary/aromatic N) is 4. The predicted molar refractivity (Wildman–Crippen MR) is 259 cm³/mol. The monoisotopic (exact) mass is 1040 g/mol. The Morgan fingerprint density at radius 2 is 1.48 bits per heavy atom. The molecule has 63 heavy (non-hydrogen) atoms. The van der Waals surface area contributed by atoms with Gasteiger partial charge in [-0.05, 0) is 65.0 Å². The molecule has 1 radical (unpaired) electrons. The summed E-state index contributed by atoms with van der Waals surface area (Å²) in [6.07, 6.45) is 3.24. The maximum Gasteiger partial charge on any atom is 0.175 e. The normalized spacial score (nSPS) is 11.7. The van der Waals surface area contributed by atoms with Gasteiger partial charge in [0.1, 0.15) is 5.52 Å². The molecule has 5 heterocycles. The topological polar surface area (TPSA) is 56.7 Å². The van der Waals surface area contributed by atoms with Crippen LogP contribution in [0.5, 0.6) is 0 Å². The fourth-order valence-corrected chi connectivity index (χ4v) is 11.0. The average Bonchev–Trinajstić information content (AvgIpc) is 3.98. The van der Waals surface area contributed by atoms with E-state index in [4.69, 9.17) is 14.4 Å². The van der Waals surface area contributed by atoms with Gasteiger partial charge in [-0.2, -0.15) is 0 Å². The summed E-state index contributed by atoms with van der Waals surface area (Å²) in [4.78, 5) is 14.6. The first-order chi connectivity index (χ1) is 30.1. The zero-order chi connectivity index (χ0) is 42.5. The molecule has 0 aliphatic heterocycles. The number of aromatic nitrogens is 4. The molecule has 5 aromatic heterocycles. The standard InChI is InChI=1S/C36H19FN3OS.C18H24NSi.Ir/c37-27-20-29(21-9-2-1-3-10-21)38-33-24-12-8-13-25(34(24)41-35(27)33)36-39-28-14-5-6-15-30(28)40(36)22-17-18-32-26(19-22)23-11-4-7-16-31(23)42-32;1-14(2)11-16-12-17(15-9-7-6-8-10-15)19-13-18(16)20(3,4)5;/h1-12,14-20H;6-9,12-14H,11H2,1-5H3;/q2*-1;. The number of rotatable bonds is 7. The molecule has 9 heteroatoms. The minimum Gasteiger partial charge on any atom is -0.496 e. The van der Waals surface area contributed by atoms with Gasteiger partial charge in [-0.25, -0.2) is 9.37 Å². The van der Waals surface area contributed by atoms with Crippen LogP contribution in [-0.4, -0.2) is 27.6 Å². The first kappa shape index (κ1) is 42.2. The molecule has 0 atom stereocenters. The summed E-state index contributed by atoms with van der Waals surface area (Å²) in [5.41, 5.74) is 9.54. The van der Waals surface area contributed by atoms with Gasteiger partial charge in [-0.15, -0.1) is 65.4 Å². The summed E-state index contributed by atoms with van der Waals surface area (Å²) in [6, 6.07) is 54.8. The van der Waals surface area contributed by atoms with Gasteiger partial charge >= 0.3 is 0 Å². The third kappa shape index (κ3) is 8.07. The molecule has 11 rings (SSSR count). The summed E-state index contributed by atoms with van der Waals surface area (Å²) in [7, 11) is -1.34. The fourth-order valence-electron chi connectivity index (χ4n) is 8.37. The van der Waals surface area contributed by atoms with Crippen molar-refractivity contribution in [3.63, 3.8) is 0 Å². The summed E-state index contributed by atoms with van der Waals surface area (Å²) >= 11 is 1.79. The Balaban J connectivity index is 0.000000204. The number of halogens is 1. The molecular formula is C54H43FIrN4OSSi-2. The summed E-state index contributed by atoms with van der Waals surface area (Å²) in [5.74, 6) is 0.882. The number of fused-ring (bicyclic) bond motifs is 7. The van der Waals surface area contributed by atoms with E-state index in [9.17, 15) is 0 Å². The van der Waals surface area contributed by atoms with Crippen LogP contribution in [0, 0.1) is 23.9 Å². The number of imidazole rings is 1. The number of hydrogen-bond donors (Lipinski definition) is 0. The maximum atomic E-state index is 15.5. The Bertz CT molecular complexity index is 3430. The van der Waals surface area contributed by atoms with Gasteiger partial charge in [0.25, 0.3) is 0 Å². The first-order valence-electron chi connectivity index (χ1n) is 21.0. The second kappa shape index (κ2) is 17.2. The Labute approximate surface area is 384 Å². The smallest absolute Gasteiger partial charge is 0.175 e. The van der Waals surface area contributed by atoms with E-state index in [1.54, 1.807) is 11.3 Å². The van der Waals surface area contributed by atoms with Crippen LogP contribution in [0.15, 0.2) is 156 Å². The van der Waals surface area contributed by atoms with Crippen LogP contribution in [0.3, 0.4) is 0 Å². The number of furan rings is 1. The van der Waals surface area contributed by atoms with Crippen molar-refractivity contribution in [2.24, 2.45) is 5.92 Å². The SMILES string of the molecule is CC(C)Cc1cc(-c2[c-]cccc2)ncc1[Si](C)(C)C.Fc1cc(-c2ccccc2)nc2c1oc1c(-c3nc4ccccc4n3-c3ccc4sc5ccccc5c4c3)[c-]ccc12.[Ir]. The molecule has 0 fully saturated rings. The number of benzene rings is 6. The zero-order valence-corrected chi connectivity index (χ0v) is 39.7. The second-order valence-electron chi connectivity index (χ2n) is 17.1. The molecule has 0 amide bonds. The fraction of sp³-hybridized carbons (Fsp3) is 0.130. The number of hydrogen-bond acceptors (Lipinski definition) is 5. The molecule has 11 aromatic rings. The summed E-state index contributed by atoms with van der Waals surface area (Å²) < 4.78 is 26.4. The molecular weight excluding hydrogens is 992 g/mol. The Morgan fingerprint density at radius 3 is 2.27 bits per heavy atom. The van der Waals surface area contributed by atoms with Crippen LogP contribution in [0.1, 0.15) is 19.4 Å². The van der Waals surface area contributed by atoms with Crippen LogP contribution >= 0.6 is 11.3 Å². The molecule has 0 N–H and O–H groups in total. The third-order valence-electron chi connectivity index (χ3n) is 11.2. The van der Waals surface area contributed by atoms with E-state index in [1.165, 1.54) is 37.0 Å². The van der Waals surface area contributed by atoms with Gasteiger partial charge < -0.3 is 14.0 Å². The molecule has 6 aromatic carbocycles. The van der Waals surface area contributed by atoms with Crippen molar-refractivity contribution in [1.82, 2.24) is 19.5 Å². The zero-order valence-electron chi connectivity index (χ0n) is 35.5. The van der Waals surface area contributed by atoms with Crippen LogP contribution in [0.25, 0.3) is 92.9 Å². The minimum atomic E-state index is -1.34. The van der Waals surface area contributed by atoms with Crippen molar-refractivity contribution in [3.05, 3.63) is 175 Å². The van der Waals surface area contributed by atoms with Gasteiger partial charge in [0, 0.05) is 63.8 Å². The molecule has 0 aliphatic carbocycles. The average molecular weight is 1040 g/mol. The minimum absolute atomic E-state index is 0. The van der Waals surface area contributed by atoms with Crippen molar-refractivity contribution in [1.29, 1.82) is 0 Å². The molecule has 313 valence electrons. The van der Waals surface area contributed by atoms with Gasteiger partial charge in [0.2, 0.25) is 0 Å². The van der Waals surface area contributed by atoms with Gasteiger partial charge in [-0.3, -0.25) is 4.98 Å². The van der Waals surface area contributed by atoms with Crippen molar-refractivity contribution in [2.45, 2.75) is 39.9 Å². The van der Waals surface area contributed by atoms with Crippen LogP contribution in [-0.2, 0) is 26.5 Å². The number of para-hydroxylation sites is 2. The van der Waals surface area contributed by atoms with E-state index in [1.807, 2.05) is 78.9 Å². The Hall–Kier alpha value is -6.09. The molecule has 5 nitrogen and oxygen atoms in total. The predicted octanol–water partition coefficient (Wildman–Crippen LogP) is 14.3. The van der Waals surface area contributed by atoms with E-state index in [-0.39, 0.29) is 25.7 Å². The summed E-state index contributed by atoms with van der Waals surface area (Å²) in [5, 5.41) is 4.63. The Morgan fingerprint density at radius 1 is 0.714 bits per heavy atom. The molecule has 0 spiro atoms. The largest absolute Gasteiger partial charge is 0.496 e. The molecule has 0 aliphatic rings.